The molecule has 4 rings (SSSR count). The van der Waals surface area contributed by atoms with Gasteiger partial charge in [0.25, 0.3) is 5.91 Å². The van der Waals surface area contributed by atoms with Gasteiger partial charge in [0.2, 0.25) is 0 Å². The molecule has 2 saturated heterocycles. The van der Waals surface area contributed by atoms with Crippen molar-refractivity contribution in [3.05, 3.63) is 30.0 Å². The van der Waals surface area contributed by atoms with Crippen molar-refractivity contribution in [3.8, 4) is 0 Å². The molecule has 2 aliphatic heterocycles. The van der Waals surface area contributed by atoms with Gasteiger partial charge in [-0.15, -0.1) is 0 Å². The van der Waals surface area contributed by atoms with E-state index < -0.39 is 0 Å². The van der Waals surface area contributed by atoms with E-state index in [0.717, 1.165) is 18.2 Å². The Morgan fingerprint density at radius 2 is 1.95 bits per heavy atom. The van der Waals surface area contributed by atoms with E-state index in [1.807, 2.05) is 11.0 Å². The highest BCUT2D eigenvalue weighted by atomic mass is 16.3. The largest absolute Gasteiger partial charge is 0.451 e. The van der Waals surface area contributed by atoms with Crippen LogP contribution in [-0.4, -0.2) is 34.1 Å². The number of carbonyl (C=O) groups excluding carboxylic acids is 1. The zero-order valence-electron chi connectivity index (χ0n) is 11.7. The lowest BCUT2D eigenvalue weighted by Gasteiger charge is -2.36. The van der Waals surface area contributed by atoms with Gasteiger partial charge in [-0.3, -0.25) is 4.79 Å². The highest BCUT2D eigenvalue weighted by Gasteiger charge is 2.43. The van der Waals surface area contributed by atoms with Gasteiger partial charge in [0, 0.05) is 23.2 Å². The molecule has 0 radical (unpaired) electrons. The second kappa shape index (κ2) is 4.49. The summed E-state index contributed by atoms with van der Waals surface area (Å²) in [5.41, 5.74) is 7.09. The van der Waals surface area contributed by atoms with Crippen LogP contribution in [0.3, 0.4) is 0 Å². The Labute approximate surface area is 122 Å². The summed E-state index contributed by atoms with van der Waals surface area (Å²) in [6, 6.07) is 7.41. The molecule has 1 aromatic carbocycles. The highest BCUT2D eigenvalue weighted by Crippen LogP contribution is 2.37. The molecule has 2 bridgehead atoms. The van der Waals surface area contributed by atoms with E-state index in [9.17, 15) is 9.90 Å². The molecule has 1 aromatic heterocycles. The van der Waals surface area contributed by atoms with Crippen molar-refractivity contribution in [3.63, 3.8) is 0 Å². The molecule has 2 aliphatic rings. The molecule has 0 spiro atoms. The van der Waals surface area contributed by atoms with Crippen LogP contribution in [0.1, 0.15) is 36.2 Å². The molecule has 110 valence electrons. The number of nitrogens with zero attached hydrogens (tertiary/aromatic N) is 1. The minimum atomic E-state index is -0.276. The summed E-state index contributed by atoms with van der Waals surface area (Å²) in [7, 11) is 0. The van der Waals surface area contributed by atoms with Crippen molar-refractivity contribution in [1.82, 2.24) is 4.90 Å². The molecule has 21 heavy (non-hydrogen) atoms. The fourth-order valence-corrected chi connectivity index (χ4v) is 3.77. The second-order valence-corrected chi connectivity index (χ2v) is 6.13. The molecule has 5 heteroatoms. The number of aliphatic hydroxyl groups excluding tert-OH is 1. The minimum absolute atomic E-state index is 0.0656. The lowest BCUT2D eigenvalue weighted by Crippen LogP contribution is -2.47. The number of nitrogens with two attached hydrogens (primary N) is 1. The first-order valence-corrected chi connectivity index (χ1v) is 7.41. The monoisotopic (exact) mass is 286 g/mol. The van der Waals surface area contributed by atoms with Crippen molar-refractivity contribution in [1.29, 1.82) is 0 Å². The average molecular weight is 286 g/mol. The first kappa shape index (κ1) is 12.7. The van der Waals surface area contributed by atoms with Crippen LogP contribution in [0.4, 0.5) is 5.69 Å². The van der Waals surface area contributed by atoms with Gasteiger partial charge >= 0.3 is 0 Å². The molecule has 1 amide bonds. The van der Waals surface area contributed by atoms with Gasteiger partial charge in [0.1, 0.15) is 5.58 Å². The van der Waals surface area contributed by atoms with Gasteiger partial charge in [-0.25, -0.2) is 0 Å². The van der Waals surface area contributed by atoms with Crippen LogP contribution < -0.4 is 5.73 Å². The fourth-order valence-electron chi connectivity index (χ4n) is 3.77. The van der Waals surface area contributed by atoms with Crippen LogP contribution in [-0.2, 0) is 0 Å². The number of fused-ring (bicyclic) bond motifs is 3. The Morgan fingerprint density at radius 3 is 2.67 bits per heavy atom. The van der Waals surface area contributed by atoms with E-state index in [-0.39, 0.29) is 24.1 Å². The number of aliphatic hydroxyl groups is 1. The van der Waals surface area contributed by atoms with E-state index in [2.05, 4.69) is 0 Å². The topological polar surface area (TPSA) is 79.7 Å². The molecule has 0 aliphatic carbocycles. The van der Waals surface area contributed by atoms with Crippen LogP contribution >= 0.6 is 0 Å². The van der Waals surface area contributed by atoms with Crippen LogP contribution in [0.25, 0.3) is 11.0 Å². The third kappa shape index (κ3) is 2.00. The maximum absolute atomic E-state index is 12.7. The van der Waals surface area contributed by atoms with Gasteiger partial charge < -0.3 is 20.2 Å². The Morgan fingerprint density at radius 1 is 1.24 bits per heavy atom. The maximum Gasteiger partial charge on any atom is 0.290 e. The molecule has 2 aromatic rings. The Kier molecular flexibility index (Phi) is 2.72. The predicted molar refractivity (Wildman–Crippen MR) is 78.8 cm³/mol. The third-order valence-corrected chi connectivity index (χ3v) is 4.69. The fraction of sp³-hybridized carbons (Fsp3) is 0.438. The normalized spacial score (nSPS) is 28.2. The summed E-state index contributed by atoms with van der Waals surface area (Å²) in [5.74, 6) is 0.299. The second-order valence-electron chi connectivity index (χ2n) is 6.13. The van der Waals surface area contributed by atoms with E-state index in [4.69, 9.17) is 10.2 Å². The standard InChI is InChI=1S/C16H18N2O3/c17-10-1-4-14-9(5-10)6-15(21-14)16(20)18-11-2-3-12(18)8-13(19)7-11/h1,4-6,11-13,19H,2-3,7-8,17H2. The molecule has 2 fully saturated rings. The van der Waals surface area contributed by atoms with Crippen molar-refractivity contribution >= 4 is 22.6 Å². The first-order valence-electron chi connectivity index (χ1n) is 7.41. The van der Waals surface area contributed by atoms with E-state index >= 15 is 0 Å². The van der Waals surface area contributed by atoms with Crippen LogP contribution in [0.15, 0.2) is 28.7 Å². The Balaban J connectivity index is 1.67. The van der Waals surface area contributed by atoms with Gasteiger partial charge in [-0.2, -0.15) is 0 Å². The molecule has 2 atom stereocenters. The molecule has 3 heterocycles. The first-order chi connectivity index (χ1) is 10.1. The summed E-state index contributed by atoms with van der Waals surface area (Å²) in [5, 5.41) is 10.7. The van der Waals surface area contributed by atoms with E-state index in [1.165, 1.54) is 0 Å². The SMILES string of the molecule is Nc1ccc2oc(C(=O)N3C4CCC3CC(O)C4)cc2c1. The third-order valence-electron chi connectivity index (χ3n) is 4.69. The number of nitrogen functional groups attached to an aromatic ring is 1. The highest BCUT2D eigenvalue weighted by molar-refractivity contribution is 5.97. The number of furan rings is 1. The number of carbonyl (C=O) groups is 1. The minimum Gasteiger partial charge on any atom is -0.451 e. The zero-order chi connectivity index (χ0) is 14.6. The van der Waals surface area contributed by atoms with Gasteiger partial charge in [-0.1, -0.05) is 0 Å². The molecule has 3 N–H and O–H groups in total. The van der Waals surface area contributed by atoms with Crippen LogP contribution in [0, 0.1) is 0 Å². The molecule has 2 unspecified atom stereocenters. The van der Waals surface area contributed by atoms with Crippen molar-refractivity contribution in [2.75, 3.05) is 5.73 Å². The summed E-state index contributed by atoms with van der Waals surface area (Å²) in [4.78, 5) is 14.7. The number of hydrogen-bond acceptors (Lipinski definition) is 4. The van der Waals surface area contributed by atoms with Crippen molar-refractivity contribution in [2.24, 2.45) is 0 Å². The summed E-state index contributed by atoms with van der Waals surface area (Å²) < 4.78 is 5.68. The molecule has 0 saturated carbocycles. The van der Waals surface area contributed by atoms with Gasteiger partial charge in [-0.05, 0) is 49.9 Å². The number of benzene rings is 1. The molecular weight excluding hydrogens is 268 g/mol. The van der Waals surface area contributed by atoms with Crippen molar-refractivity contribution in [2.45, 2.75) is 43.9 Å². The van der Waals surface area contributed by atoms with E-state index in [0.29, 0.717) is 29.9 Å². The quantitative estimate of drug-likeness (QED) is 0.787. The number of rotatable bonds is 1. The van der Waals surface area contributed by atoms with Crippen LogP contribution in [0.5, 0.6) is 0 Å². The summed E-state index contributed by atoms with van der Waals surface area (Å²) in [6.45, 7) is 0. The lowest BCUT2D eigenvalue weighted by molar-refractivity contribution is 0.0266. The summed E-state index contributed by atoms with van der Waals surface area (Å²) in [6.07, 6.45) is 3.02. The number of anilines is 1. The number of piperidine rings is 1. The number of hydrogen-bond donors (Lipinski definition) is 2. The van der Waals surface area contributed by atoms with Gasteiger partial charge in [0.05, 0.1) is 6.10 Å². The smallest absolute Gasteiger partial charge is 0.290 e. The van der Waals surface area contributed by atoms with Crippen LogP contribution in [0.2, 0.25) is 0 Å². The summed E-state index contributed by atoms with van der Waals surface area (Å²) >= 11 is 0. The predicted octanol–water partition coefficient (Wildman–Crippen LogP) is 2.14. The Hall–Kier alpha value is -2.01. The van der Waals surface area contributed by atoms with E-state index in [1.54, 1.807) is 18.2 Å². The molecular formula is C16H18N2O3. The molecule has 5 nitrogen and oxygen atoms in total. The van der Waals surface area contributed by atoms with Crippen molar-refractivity contribution < 1.29 is 14.3 Å². The van der Waals surface area contributed by atoms with Gasteiger partial charge in [0.15, 0.2) is 5.76 Å². The lowest BCUT2D eigenvalue weighted by atomic mass is 9.99. The Bertz CT molecular complexity index is 695. The maximum atomic E-state index is 12.7. The average Bonchev–Trinajstić information content (AvgIpc) is 2.97. The number of amides is 1. The zero-order valence-corrected chi connectivity index (χ0v) is 11.7.